The van der Waals surface area contributed by atoms with Gasteiger partial charge in [0.1, 0.15) is 0 Å². The van der Waals surface area contributed by atoms with Crippen molar-refractivity contribution in [1.29, 1.82) is 0 Å². The van der Waals surface area contributed by atoms with Crippen molar-refractivity contribution in [1.82, 2.24) is 4.98 Å². The van der Waals surface area contributed by atoms with Crippen molar-refractivity contribution in [2.45, 2.75) is 39.3 Å². The second-order valence-corrected chi connectivity index (χ2v) is 8.09. The first-order valence-electron chi connectivity index (χ1n) is 6.97. The lowest BCUT2D eigenvalue weighted by Crippen LogP contribution is -2.18. The second-order valence-electron chi connectivity index (χ2n) is 6.17. The summed E-state index contributed by atoms with van der Waals surface area (Å²) < 4.78 is 1.13. The van der Waals surface area contributed by atoms with Gasteiger partial charge < -0.3 is 10.6 Å². The summed E-state index contributed by atoms with van der Waals surface area (Å²) in [4.78, 5) is 8.18. The monoisotopic (exact) mass is 367 g/mol. The maximum atomic E-state index is 5.88. The van der Waals surface area contributed by atoms with Gasteiger partial charge in [-0.1, -0.05) is 54.9 Å². The van der Waals surface area contributed by atoms with Crippen molar-refractivity contribution >= 4 is 32.4 Å². The highest BCUT2D eigenvalue weighted by atomic mass is 79.9. The van der Waals surface area contributed by atoms with Crippen molar-refractivity contribution in [3.8, 4) is 0 Å². The van der Waals surface area contributed by atoms with E-state index in [1.54, 1.807) is 11.3 Å². The molecule has 0 atom stereocenters. The van der Waals surface area contributed by atoms with Gasteiger partial charge in [0, 0.05) is 34.9 Å². The number of anilines is 1. The molecule has 3 nitrogen and oxygen atoms in total. The van der Waals surface area contributed by atoms with E-state index in [-0.39, 0.29) is 5.41 Å². The molecule has 5 heteroatoms. The first kappa shape index (κ1) is 16.5. The van der Waals surface area contributed by atoms with Crippen LogP contribution in [0.1, 0.15) is 36.9 Å². The van der Waals surface area contributed by atoms with E-state index in [0.717, 1.165) is 21.8 Å². The Bertz CT molecular complexity index is 616. The molecule has 0 unspecified atom stereocenters. The Kier molecular flexibility index (Phi) is 5.07. The third-order valence-electron chi connectivity index (χ3n) is 3.27. The van der Waals surface area contributed by atoms with Gasteiger partial charge in [-0.15, -0.1) is 11.3 Å². The minimum Gasteiger partial charge on any atom is -0.347 e. The van der Waals surface area contributed by atoms with Gasteiger partial charge in [0.15, 0.2) is 5.13 Å². The van der Waals surface area contributed by atoms with Gasteiger partial charge >= 0.3 is 0 Å². The molecule has 114 valence electrons. The molecule has 1 aromatic carbocycles. The van der Waals surface area contributed by atoms with E-state index in [2.05, 4.69) is 66.8 Å². The fourth-order valence-corrected chi connectivity index (χ4v) is 3.70. The summed E-state index contributed by atoms with van der Waals surface area (Å²) in [6.07, 6.45) is 0. The zero-order valence-electron chi connectivity index (χ0n) is 13.0. The minimum absolute atomic E-state index is 0.0254. The van der Waals surface area contributed by atoms with Crippen molar-refractivity contribution < 1.29 is 0 Å². The van der Waals surface area contributed by atoms with Crippen LogP contribution in [0.25, 0.3) is 0 Å². The Morgan fingerprint density at radius 3 is 2.48 bits per heavy atom. The van der Waals surface area contributed by atoms with E-state index in [9.17, 15) is 0 Å². The summed E-state index contributed by atoms with van der Waals surface area (Å²) in [6, 6.07) is 8.28. The number of hydrogen-bond donors (Lipinski definition) is 1. The number of rotatable bonds is 4. The molecule has 0 spiro atoms. The van der Waals surface area contributed by atoms with Gasteiger partial charge in [-0.2, -0.15) is 0 Å². The maximum Gasteiger partial charge on any atom is 0.185 e. The lowest BCUT2D eigenvalue weighted by Gasteiger charge is -2.18. The fourth-order valence-electron chi connectivity index (χ4n) is 2.18. The molecule has 0 saturated carbocycles. The van der Waals surface area contributed by atoms with Gasteiger partial charge in [-0.25, -0.2) is 4.98 Å². The van der Waals surface area contributed by atoms with Crippen LogP contribution < -0.4 is 10.6 Å². The number of nitrogens with two attached hydrogens (primary N) is 1. The van der Waals surface area contributed by atoms with Crippen LogP contribution in [0.4, 0.5) is 5.13 Å². The van der Waals surface area contributed by atoms with Gasteiger partial charge in [-0.05, 0) is 11.6 Å². The van der Waals surface area contributed by atoms with Crippen LogP contribution in [-0.4, -0.2) is 12.0 Å². The Hall–Kier alpha value is -0.910. The average Bonchev–Trinajstić information content (AvgIpc) is 2.85. The van der Waals surface area contributed by atoms with E-state index in [4.69, 9.17) is 10.7 Å². The van der Waals surface area contributed by atoms with E-state index in [0.29, 0.717) is 6.54 Å². The summed E-state index contributed by atoms with van der Waals surface area (Å²) in [5.41, 5.74) is 8.27. The molecule has 0 aliphatic heterocycles. The van der Waals surface area contributed by atoms with E-state index in [1.807, 2.05) is 6.07 Å². The van der Waals surface area contributed by atoms with Gasteiger partial charge in [0.05, 0.1) is 5.69 Å². The summed E-state index contributed by atoms with van der Waals surface area (Å²) in [5.74, 6) is 0. The smallest absolute Gasteiger partial charge is 0.185 e. The van der Waals surface area contributed by atoms with Crippen LogP contribution in [0.5, 0.6) is 0 Å². The minimum atomic E-state index is 0.0254. The fraction of sp³-hybridized carbons (Fsp3) is 0.438. The first-order valence-corrected chi connectivity index (χ1v) is 8.58. The Morgan fingerprint density at radius 1 is 1.29 bits per heavy atom. The highest BCUT2D eigenvalue weighted by Crippen LogP contribution is 2.34. The molecule has 1 aromatic heterocycles. The Labute approximate surface area is 139 Å². The number of aromatic nitrogens is 1. The second kappa shape index (κ2) is 6.46. The van der Waals surface area contributed by atoms with Gasteiger partial charge in [-0.3, -0.25) is 0 Å². The van der Waals surface area contributed by atoms with Crippen molar-refractivity contribution in [2.24, 2.45) is 5.73 Å². The van der Waals surface area contributed by atoms with Crippen LogP contribution in [0.2, 0.25) is 0 Å². The normalized spacial score (nSPS) is 11.7. The topological polar surface area (TPSA) is 42.2 Å². The molecule has 0 radical (unpaired) electrons. The van der Waals surface area contributed by atoms with E-state index in [1.165, 1.54) is 10.4 Å². The Morgan fingerprint density at radius 2 is 1.95 bits per heavy atom. The third kappa shape index (κ3) is 3.84. The van der Waals surface area contributed by atoms with Crippen LogP contribution in [0.3, 0.4) is 0 Å². The predicted molar refractivity (Wildman–Crippen MR) is 95.0 cm³/mol. The SMILES string of the molecule is CN(Cc1ccccc1Br)c1nc(C(C)(C)C)c(CN)s1. The number of hydrogen-bond acceptors (Lipinski definition) is 4. The molecule has 0 amide bonds. The molecule has 0 aliphatic carbocycles. The molecule has 0 bridgehead atoms. The van der Waals surface area contributed by atoms with Gasteiger partial charge in [0.25, 0.3) is 0 Å². The van der Waals surface area contributed by atoms with Crippen molar-refractivity contribution in [3.05, 3.63) is 44.9 Å². The zero-order chi connectivity index (χ0) is 15.6. The quantitative estimate of drug-likeness (QED) is 0.875. The third-order valence-corrected chi connectivity index (χ3v) is 5.24. The van der Waals surface area contributed by atoms with Crippen LogP contribution in [0, 0.1) is 0 Å². The van der Waals surface area contributed by atoms with Crippen molar-refractivity contribution in [3.63, 3.8) is 0 Å². The number of benzene rings is 1. The molecule has 2 rings (SSSR count). The largest absolute Gasteiger partial charge is 0.347 e. The highest BCUT2D eigenvalue weighted by Gasteiger charge is 2.23. The molecule has 2 N–H and O–H groups in total. The number of halogens is 1. The molecule has 0 aliphatic rings. The summed E-state index contributed by atoms with van der Waals surface area (Å²) >= 11 is 5.29. The van der Waals surface area contributed by atoms with Gasteiger partial charge in [0.2, 0.25) is 0 Å². The maximum absolute atomic E-state index is 5.88. The highest BCUT2D eigenvalue weighted by molar-refractivity contribution is 9.10. The predicted octanol–water partition coefficient (Wildman–Crippen LogP) is 4.30. The molecule has 2 aromatic rings. The molecular formula is C16H22BrN3S. The first-order chi connectivity index (χ1) is 9.82. The molecule has 21 heavy (non-hydrogen) atoms. The summed E-state index contributed by atoms with van der Waals surface area (Å²) in [7, 11) is 2.07. The van der Waals surface area contributed by atoms with Crippen LogP contribution in [-0.2, 0) is 18.5 Å². The summed E-state index contributed by atoms with van der Waals surface area (Å²) in [6.45, 7) is 7.91. The average molecular weight is 368 g/mol. The Balaban J connectivity index is 2.26. The zero-order valence-corrected chi connectivity index (χ0v) is 15.4. The number of nitrogens with zero attached hydrogens (tertiary/aromatic N) is 2. The lowest BCUT2D eigenvalue weighted by molar-refractivity contribution is 0.566. The van der Waals surface area contributed by atoms with E-state index >= 15 is 0 Å². The van der Waals surface area contributed by atoms with Crippen LogP contribution in [0.15, 0.2) is 28.7 Å². The molecule has 1 heterocycles. The van der Waals surface area contributed by atoms with Crippen molar-refractivity contribution in [2.75, 3.05) is 11.9 Å². The standard InChI is InChI=1S/C16H22BrN3S/c1-16(2,3)14-13(9-18)21-15(19-14)20(4)10-11-7-5-6-8-12(11)17/h5-8H,9-10,18H2,1-4H3. The summed E-state index contributed by atoms with van der Waals surface area (Å²) in [5, 5.41) is 1.02. The van der Waals surface area contributed by atoms with E-state index < -0.39 is 0 Å². The van der Waals surface area contributed by atoms with Crippen LogP contribution >= 0.6 is 27.3 Å². The lowest BCUT2D eigenvalue weighted by atomic mass is 9.91. The molecular weight excluding hydrogens is 346 g/mol. The number of thiazole rings is 1. The molecule has 0 fully saturated rings. The molecule has 0 saturated heterocycles.